The number of nitrogens with one attached hydrogen (secondary N) is 1. The molecule has 0 aromatic carbocycles. The molecule has 2 unspecified atom stereocenters. The summed E-state index contributed by atoms with van der Waals surface area (Å²) in [6.07, 6.45) is 3.52. The van der Waals surface area contributed by atoms with Crippen molar-refractivity contribution in [2.75, 3.05) is 19.8 Å². The van der Waals surface area contributed by atoms with Crippen molar-refractivity contribution < 1.29 is 9.47 Å². The van der Waals surface area contributed by atoms with Gasteiger partial charge >= 0.3 is 0 Å². The molecule has 0 spiro atoms. The lowest BCUT2D eigenvalue weighted by Gasteiger charge is -2.26. The first-order valence-corrected chi connectivity index (χ1v) is 6.24. The second-order valence-electron chi connectivity index (χ2n) is 4.34. The average Bonchev–Trinajstić information content (AvgIpc) is 2.70. The first-order valence-electron chi connectivity index (χ1n) is 6.24. The topological polar surface area (TPSA) is 30.5 Å². The van der Waals surface area contributed by atoms with Gasteiger partial charge in [0.15, 0.2) is 6.29 Å². The molecule has 1 heterocycles. The van der Waals surface area contributed by atoms with E-state index in [0.717, 1.165) is 26.2 Å². The van der Waals surface area contributed by atoms with Gasteiger partial charge in [0.1, 0.15) is 0 Å². The van der Waals surface area contributed by atoms with Crippen molar-refractivity contribution in [1.82, 2.24) is 5.32 Å². The van der Waals surface area contributed by atoms with Gasteiger partial charge in [0.05, 0.1) is 13.2 Å². The van der Waals surface area contributed by atoms with Gasteiger partial charge in [-0.2, -0.15) is 0 Å². The van der Waals surface area contributed by atoms with Crippen LogP contribution in [0, 0.1) is 5.92 Å². The third-order valence-corrected chi connectivity index (χ3v) is 3.03. The highest BCUT2D eigenvalue weighted by Gasteiger charge is 2.24. The Labute approximate surface area is 93.5 Å². The third kappa shape index (κ3) is 4.49. The zero-order chi connectivity index (χ0) is 11.1. The molecule has 0 saturated carbocycles. The van der Waals surface area contributed by atoms with E-state index in [4.69, 9.17) is 9.47 Å². The van der Waals surface area contributed by atoms with E-state index >= 15 is 0 Å². The summed E-state index contributed by atoms with van der Waals surface area (Å²) in [5.74, 6) is 0.697. The first-order chi connectivity index (χ1) is 7.27. The number of hydrogen-bond acceptors (Lipinski definition) is 3. The molecular formula is C12H25NO2. The predicted molar refractivity (Wildman–Crippen MR) is 61.8 cm³/mol. The van der Waals surface area contributed by atoms with E-state index in [1.54, 1.807) is 0 Å². The monoisotopic (exact) mass is 215 g/mol. The summed E-state index contributed by atoms with van der Waals surface area (Å²) >= 11 is 0. The number of ether oxygens (including phenoxy) is 2. The van der Waals surface area contributed by atoms with E-state index in [2.05, 4.69) is 26.1 Å². The Balaban J connectivity index is 2.33. The maximum Gasteiger partial charge on any atom is 0.159 e. The zero-order valence-electron chi connectivity index (χ0n) is 10.3. The van der Waals surface area contributed by atoms with Crippen molar-refractivity contribution in [2.45, 2.75) is 52.4 Å². The van der Waals surface area contributed by atoms with E-state index in [-0.39, 0.29) is 6.29 Å². The second kappa shape index (κ2) is 7.20. The molecule has 0 aliphatic carbocycles. The molecule has 15 heavy (non-hydrogen) atoms. The van der Waals surface area contributed by atoms with Gasteiger partial charge in [-0.1, -0.05) is 27.2 Å². The molecule has 0 amide bonds. The van der Waals surface area contributed by atoms with Crippen molar-refractivity contribution in [3.8, 4) is 0 Å². The van der Waals surface area contributed by atoms with Gasteiger partial charge < -0.3 is 14.8 Å². The van der Waals surface area contributed by atoms with E-state index in [0.29, 0.717) is 12.0 Å². The normalized spacial score (nSPS) is 21.8. The Kier molecular flexibility index (Phi) is 6.22. The van der Waals surface area contributed by atoms with Gasteiger partial charge in [0.2, 0.25) is 0 Å². The maximum absolute atomic E-state index is 5.50. The van der Waals surface area contributed by atoms with Crippen LogP contribution in [-0.4, -0.2) is 32.1 Å². The van der Waals surface area contributed by atoms with E-state index in [1.165, 1.54) is 12.8 Å². The van der Waals surface area contributed by atoms with Crippen LogP contribution in [0.5, 0.6) is 0 Å². The van der Waals surface area contributed by atoms with Crippen LogP contribution >= 0.6 is 0 Å². The molecule has 90 valence electrons. The van der Waals surface area contributed by atoms with Crippen molar-refractivity contribution in [1.29, 1.82) is 0 Å². The van der Waals surface area contributed by atoms with E-state index in [9.17, 15) is 0 Å². The molecule has 1 fully saturated rings. The summed E-state index contributed by atoms with van der Waals surface area (Å²) < 4.78 is 11.0. The minimum absolute atomic E-state index is 0.0216. The fourth-order valence-corrected chi connectivity index (χ4v) is 2.19. The number of rotatable bonds is 7. The smallest absolute Gasteiger partial charge is 0.159 e. The zero-order valence-corrected chi connectivity index (χ0v) is 10.3. The first kappa shape index (κ1) is 12.9. The van der Waals surface area contributed by atoms with Crippen LogP contribution in [0.1, 0.15) is 40.0 Å². The van der Waals surface area contributed by atoms with Crippen LogP contribution in [0.4, 0.5) is 0 Å². The summed E-state index contributed by atoms with van der Waals surface area (Å²) in [6.45, 7) is 9.23. The SMILES string of the molecule is CCCC(C)C(CC1OCCO1)NCC. The van der Waals surface area contributed by atoms with Gasteiger partial charge in [0.25, 0.3) is 0 Å². The van der Waals surface area contributed by atoms with Crippen molar-refractivity contribution >= 4 is 0 Å². The predicted octanol–water partition coefficient (Wildman–Crippen LogP) is 2.16. The fraction of sp³-hybridized carbons (Fsp3) is 1.00. The highest BCUT2D eigenvalue weighted by Crippen LogP contribution is 2.18. The second-order valence-corrected chi connectivity index (χ2v) is 4.34. The van der Waals surface area contributed by atoms with Crippen LogP contribution in [0.2, 0.25) is 0 Å². The van der Waals surface area contributed by atoms with Crippen LogP contribution in [0.25, 0.3) is 0 Å². The third-order valence-electron chi connectivity index (χ3n) is 3.03. The molecule has 3 heteroatoms. The lowest BCUT2D eigenvalue weighted by Crippen LogP contribution is -2.38. The van der Waals surface area contributed by atoms with Gasteiger partial charge in [-0.25, -0.2) is 0 Å². The minimum atomic E-state index is 0.0216. The molecule has 2 atom stereocenters. The Hall–Kier alpha value is -0.120. The molecule has 1 N–H and O–H groups in total. The maximum atomic E-state index is 5.50. The Morgan fingerprint density at radius 3 is 2.47 bits per heavy atom. The molecule has 0 bridgehead atoms. The van der Waals surface area contributed by atoms with Crippen LogP contribution in [0.15, 0.2) is 0 Å². The summed E-state index contributed by atoms with van der Waals surface area (Å²) in [6, 6.07) is 0.526. The largest absolute Gasteiger partial charge is 0.350 e. The van der Waals surface area contributed by atoms with Gasteiger partial charge in [-0.15, -0.1) is 0 Å². The highest BCUT2D eigenvalue weighted by atomic mass is 16.7. The fourth-order valence-electron chi connectivity index (χ4n) is 2.19. The quantitative estimate of drug-likeness (QED) is 0.706. The molecule has 0 aromatic heterocycles. The van der Waals surface area contributed by atoms with Crippen molar-refractivity contribution in [2.24, 2.45) is 5.92 Å². The number of hydrogen-bond donors (Lipinski definition) is 1. The molecule has 1 rings (SSSR count). The van der Waals surface area contributed by atoms with Gasteiger partial charge in [-0.3, -0.25) is 0 Å². The standard InChI is InChI=1S/C12H25NO2/c1-4-6-10(3)11(13-5-2)9-12-14-7-8-15-12/h10-13H,4-9H2,1-3H3. The molecule has 0 aromatic rings. The molecule has 1 aliphatic heterocycles. The van der Waals surface area contributed by atoms with Crippen molar-refractivity contribution in [3.63, 3.8) is 0 Å². The molecule has 0 radical (unpaired) electrons. The highest BCUT2D eigenvalue weighted by molar-refractivity contribution is 4.75. The Bertz CT molecular complexity index is 158. The van der Waals surface area contributed by atoms with Crippen LogP contribution in [0.3, 0.4) is 0 Å². The molecule has 1 saturated heterocycles. The van der Waals surface area contributed by atoms with E-state index < -0.39 is 0 Å². The summed E-state index contributed by atoms with van der Waals surface area (Å²) in [5.41, 5.74) is 0. The summed E-state index contributed by atoms with van der Waals surface area (Å²) in [4.78, 5) is 0. The average molecular weight is 215 g/mol. The van der Waals surface area contributed by atoms with Crippen LogP contribution in [-0.2, 0) is 9.47 Å². The molecule has 3 nitrogen and oxygen atoms in total. The molecular weight excluding hydrogens is 190 g/mol. The Morgan fingerprint density at radius 1 is 1.27 bits per heavy atom. The summed E-state index contributed by atoms with van der Waals surface area (Å²) in [7, 11) is 0. The Morgan fingerprint density at radius 2 is 1.93 bits per heavy atom. The van der Waals surface area contributed by atoms with Crippen molar-refractivity contribution in [3.05, 3.63) is 0 Å². The van der Waals surface area contributed by atoms with Crippen LogP contribution < -0.4 is 5.32 Å². The lowest BCUT2D eigenvalue weighted by molar-refractivity contribution is -0.0561. The van der Waals surface area contributed by atoms with Gasteiger partial charge in [-0.05, 0) is 18.9 Å². The van der Waals surface area contributed by atoms with Gasteiger partial charge in [0, 0.05) is 12.5 Å². The lowest BCUT2D eigenvalue weighted by atomic mass is 9.94. The summed E-state index contributed by atoms with van der Waals surface area (Å²) in [5, 5.41) is 3.53. The minimum Gasteiger partial charge on any atom is -0.350 e. The molecule has 1 aliphatic rings. The van der Waals surface area contributed by atoms with E-state index in [1.807, 2.05) is 0 Å².